The minimum atomic E-state index is -0.619. The van der Waals surface area contributed by atoms with Crippen LogP contribution in [-0.4, -0.2) is 34.0 Å². The molecule has 0 fully saturated rings. The lowest BCUT2D eigenvalue weighted by Crippen LogP contribution is -2.36. The smallest absolute Gasteiger partial charge is 0.328 e. The van der Waals surface area contributed by atoms with Crippen LogP contribution in [0.5, 0.6) is 5.75 Å². The highest BCUT2D eigenvalue weighted by Gasteiger charge is 2.12. The summed E-state index contributed by atoms with van der Waals surface area (Å²) in [6.45, 7) is 2.77. The number of nitrogens with zero attached hydrogens (tertiary/aromatic N) is 2. The standard InChI is InChI=1S/C16H18BrN3O4/c1-3-24-12-6-4-11(5-7-12)8-19(2)14(21)10-20-9-13(17)15(22)18-16(20)23/h4-7,9H,3,8,10H2,1-2H3,(H,18,22,23). The maximum atomic E-state index is 12.3. The molecule has 0 atom stereocenters. The van der Waals surface area contributed by atoms with Crippen molar-refractivity contribution in [1.82, 2.24) is 14.5 Å². The highest BCUT2D eigenvalue weighted by atomic mass is 79.9. The van der Waals surface area contributed by atoms with Gasteiger partial charge in [0.2, 0.25) is 5.91 Å². The monoisotopic (exact) mass is 395 g/mol. The van der Waals surface area contributed by atoms with E-state index >= 15 is 0 Å². The fourth-order valence-electron chi connectivity index (χ4n) is 2.09. The summed E-state index contributed by atoms with van der Waals surface area (Å²) in [6, 6.07) is 7.47. The molecule has 0 bridgehead atoms. The normalized spacial score (nSPS) is 10.5. The van der Waals surface area contributed by atoms with Gasteiger partial charge in [-0.3, -0.25) is 19.1 Å². The van der Waals surface area contributed by atoms with E-state index in [1.165, 1.54) is 11.1 Å². The van der Waals surface area contributed by atoms with Crippen molar-refractivity contribution in [2.45, 2.75) is 20.0 Å². The molecule has 1 heterocycles. The first-order valence-corrected chi connectivity index (χ1v) is 8.15. The third-order valence-corrected chi connectivity index (χ3v) is 3.92. The highest BCUT2D eigenvalue weighted by Crippen LogP contribution is 2.13. The number of halogens is 1. The third-order valence-electron chi connectivity index (χ3n) is 3.35. The molecule has 0 aliphatic heterocycles. The Bertz CT molecular complexity index is 826. The van der Waals surface area contributed by atoms with Crippen LogP contribution in [-0.2, 0) is 17.9 Å². The van der Waals surface area contributed by atoms with Gasteiger partial charge in [0, 0.05) is 19.8 Å². The molecule has 0 radical (unpaired) electrons. The maximum absolute atomic E-state index is 12.3. The molecule has 0 saturated carbocycles. The largest absolute Gasteiger partial charge is 0.494 e. The van der Waals surface area contributed by atoms with Gasteiger partial charge in [-0.1, -0.05) is 12.1 Å². The second-order valence-electron chi connectivity index (χ2n) is 5.19. The molecule has 0 saturated heterocycles. The van der Waals surface area contributed by atoms with Crippen molar-refractivity contribution < 1.29 is 9.53 Å². The first-order chi connectivity index (χ1) is 11.4. The second-order valence-corrected chi connectivity index (χ2v) is 6.05. The van der Waals surface area contributed by atoms with E-state index in [1.807, 2.05) is 31.2 Å². The Morgan fingerprint density at radius 1 is 1.29 bits per heavy atom. The summed E-state index contributed by atoms with van der Waals surface area (Å²) in [4.78, 5) is 38.9. The van der Waals surface area contributed by atoms with Crippen LogP contribution < -0.4 is 16.0 Å². The highest BCUT2D eigenvalue weighted by molar-refractivity contribution is 9.10. The Balaban J connectivity index is 2.03. The Morgan fingerprint density at radius 3 is 2.58 bits per heavy atom. The number of aromatic nitrogens is 2. The minimum Gasteiger partial charge on any atom is -0.494 e. The molecule has 0 unspecified atom stereocenters. The summed E-state index contributed by atoms with van der Waals surface area (Å²) >= 11 is 3.04. The van der Waals surface area contributed by atoms with E-state index < -0.39 is 11.2 Å². The lowest BCUT2D eigenvalue weighted by molar-refractivity contribution is -0.131. The molecule has 1 aromatic carbocycles. The summed E-state index contributed by atoms with van der Waals surface area (Å²) in [5.41, 5.74) is -0.193. The van der Waals surface area contributed by atoms with Crippen molar-refractivity contribution in [3.8, 4) is 5.75 Å². The molecule has 0 aliphatic rings. The molecule has 0 spiro atoms. The van der Waals surface area contributed by atoms with E-state index in [0.717, 1.165) is 15.9 Å². The van der Waals surface area contributed by atoms with Crippen LogP contribution in [0.15, 0.2) is 44.5 Å². The third kappa shape index (κ3) is 4.58. The molecule has 128 valence electrons. The minimum absolute atomic E-state index is 0.151. The Labute approximate surface area is 147 Å². The molecule has 1 amide bonds. The summed E-state index contributed by atoms with van der Waals surface area (Å²) in [5, 5.41) is 0. The van der Waals surface area contributed by atoms with Crippen molar-refractivity contribution in [3.05, 3.63) is 61.3 Å². The number of benzene rings is 1. The zero-order chi connectivity index (χ0) is 17.7. The van der Waals surface area contributed by atoms with Gasteiger partial charge in [0.05, 0.1) is 11.1 Å². The van der Waals surface area contributed by atoms with Gasteiger partial charge in [0.25, 0.3) is 5.56 Å². The van der Waals surface area contributed by atoms with E-state index in [0.29, 0.717) is 13.2 Å². The quantitative estimate of drug-likeness (QED) is 0.799. The maximum Gasteiger partial charge on any atom is 0.328 e. The van der Waals surface area contributed by atoms with Crippen molar-refractivity contribution in [2.24, 2.45) is 0 Å². The second kappa shape index (κ2) is 7.96. The lowest BCUT2D eigenvalue weighted by atomic mass is 10.2. The van der Waals surface area contributed by atoms with Crippen LogP contribution in [0.25, 0.3) is 0 Å². The van der Waals surface area contributed by atoms with Crippen LogP contribution in [0.4, 0.5) is 0 Å². The molecular formula is C16H18BrN3O4. The molecule has 2 aromatic rings. The number of H-pyrrole nitrogens is 1. The molecule has 24 heavy (non-hydrogen) atoms. The van der Waals surface area contributed by atoms with Crippen LogP contribution in [0.2, 0.25) is 0 Å². The summed E-state index contributed by atoms with van der Waals surface area (Å²) < 4.78 is 6.73. The van der Waals surface area contributed by atoms with Crippen LogP contribution >= 0.6 is 15.9 Å². The molecule has 7 nitrogen and oxygen atoms in total. The number of nitrogens with one attached hydrogen (secondary N) is 1. The number of carbonyl (C=O) groups is 1. The molecule has 1 aromatic heterocycles. The number of hydrogen-bond donors (Lipinski definition) is 1. The van der Waals surface area contributed by atoms with Gasteiger partial charge in [-0.25, -0.2) is 4.79 Å². The predicted molar refractivity (Wildman–Crippen MR) is 93.1 cm³/mol. The van der Waals surface area contributed by atoms with E-state index in [2.05, 4.69) is 20.9 Å². The van der Waals surface area contributed by atoms with E-state index in [4.69, 9.17) is 4.74 Å². The van der Waals surface area contributed by atoms with Gasteiger partial charge in [-0.15, -0.1) is 0 Å². The topological polar surface area (TPSA) is 84.4 Å². The Hall–Kier alpha value is -2.35. The SMILES string of the molecule is CCOc1ccc(CN(C)C(=O)Cn2cc(Br)c(=O)[nH]c2=O)cc1. The molecule has 8 heteroatoms. The zero-order valence-electron chi connectivity index (χ0n) is 13.4. The summed E-state index contributed by atoms with van der Waals surface area (Å²) in [6.07, 6.45) is 1.31. The number of carbonyl (C=O) groups excluding carboxylic acids is 1. The lowest BCUT2D eigenvalue weighted by Gasteiger charge is -2.18. The average Bonchev–Trinajstić information content (AvgIpc) is 2.54. The predicted octanol–water partition coefficient (Wildman–Crippen LogP) is 1.36. The number of likely N-dealkylation sites (N-methyl/N-ethyl adjacent to an activating group) is 1. The fourth-order valence-corrected chi connectivity index (χ4v) is 2.43. The van der Waals surface area contributed by atoms with Crippen LogP contribution in [0.3, 0.4) is 0 Å². The Kier molecular flexibility index (Phi) is 5.97. The number of amides is 1. The van der Waals surface area contributed by atoms with Gasteiger partial charge >= 0.3 is 5.69 Å². The molecule has 0 aliphatic carbocycles. The van der Waals surface area contributed by atoms with Gasteiger partial charge in [-0.05, 0) is 40.5 Å². The Morgan fingerprint density at radius 2 is 1.96 bits per heavy atom. The first kappa shape index (κ1) is 18.0. The number of aromatic amines is 1. The molecular weight excluding hydrogens is 378 g/mol. The molecule has 2 rings (SSSR count). The zero-order valence-corrected chi connectivity index (χ0v) is 15.0. The number of rotatable bonds is 6. The van der Waals surface area contributed by atoms with Gasteiger partial charge in [-0.2, -0.15) is 0 Å². The van der Waals surface area contributed by atoms with Crippen LogP contribution in [0, 0.1) is 0 Å². The van der Waals surface area contributed by atoms with Crippen molar-refractivity contribution in [3.63, 3.8) is 0 Å². The van der Waals surface area contributed by atoms with Gasteiger partial charge < -0.3 is 9.64 Å². The average molecular weight is 396 g/mol. The van der Waals surface area contributed by atoms with Crippen molar-refractivity contribution in [2.75, 3.05) is 13.7 Å². The summed E-state index contributed by atoms with van der Waals surface area (Å²) in [5.74, 6) is 0.532. The molecule has 1 N–H and O–H groups in total. The number of ether oxygens (including phenoxy) is 1. The van der Waals surface area contributed by atoms with E-state index in [-0.39, 0.29) is 16.9 Å². The first-order valence-electron chi connectivity index (χ1n) is 7.35. The van der Waals surface area contributed by atoms with E-state index in [1.54, 1.807) is 7.05 Å². The fraction of sp³-hybridized carbons (Fsp3) is 0.312. The van der Waals surface area contributed by atoms with E-state index in [9.17, 15) is 14.4 Å². The van der Waals surface area contributed by atoms with Gasteiger partial charge in [0.15, 0.2) is 0 Å². The van der Waals surface area contributed by atoms with Crippen LogP contribution in [0.1, 0.15) is 12.5 Å². The summed E-state index contributed by atoms with van der Waals surface area (Å²) in [7, 11) is 1.66. The van der Waals surface area contributed by atoms with Gasteiger partial charge in [0.1, 0.15) is 12.3 Å². The van der Waals surface area contributed by atoms with Crippen molar-refractivity contribution >= 4 is 21.8 Å². The van der Waals surface area contributed by atoms with Crippen molar-refractivity contribution in [1.29, 1.82) is 0 Å². The number of hydrogen-bond acceptors (Lipinski definition) is 4.